The topological polar surface area (TPSA) is 131 Å². The maximum Gasteiger partial charge on any atom is 0.415 e. The first-order valence-corrected chi connectivity index (χ1v) is 11.8. The number of aliphatic hydroxyl groups is 1. The maximum absolute atomic E-state index is 13.2. The molecule has 3 aromatic rings. The van der Waals surface area contributed by atoms with Crippen LogP contribution < -0.4 is 15.0 Å². The number of nitrogens with one attached hydrogen (secondary N) is 1. The summed E-state index contributed by atoms with van der Waals surface area (Å²) >= 11 is 0. The third kappa shape index (κ3) is 5.11. The molecule has 0 saturated heterocycles. The Morgan fingerprint density at radius 2 is 2.11 bits per heavy atom. The molecule has 0 radical (unpaired) electrons. The molecule has 1 amide bonds. The number of pyridine rings is 1. The van der Waals surface area contributed by atoms with Gasteiger partial charge in [-0.1, -0.05) is 0 Å². The third-order valence-corrected chi connectivity index (χ3v) is 6.30. The van der Waals surface area contributed by atoms with Crippen LogP contribution >= 0.6 is 0 Å². The summed E-state index contributed by atoms with van der Waals surface area (Å²) in [5, 5.41) is 17.9. The number of amides is 1. The second-order valence-corrected chi connectivity index (χ2v) is 10.2. The first kappa shape index (κ1) is 25.4. The van der Waals surface area contributed by atoms with Crippen LogP contribution in [0.25, 0.3) is 5.65 Å². The number of ketones is 1. The Labute approximate surface area is 209 Å². The van der Waals surface area contributed by atoms with Crippen molar-refractivity contribution in [1.82, 2.24) is 19.6 Å². The minimum absolute atomic E-state index is 0.121. The highest BCUT2D eigenvalue weighted by atomic mass is 16.6. The molecule has 2 N–H and O–H groups in total. The van der Waals surface area contributed by atoms with Crippen LogP contribution in [0.1, 0.15) is 57.3 Å². The largest absolute Gasteiger partial charge is 0.480 e. The Kier molecular flexibility index (Phi) is 6.61. The molecule has 0 aliphatic heterocycles. The minimum Gasteiger partial charge on any atom is -0.480 e. The summed E-state index contributed by atoms with van der Waals surface area (Å²) in [5.41, 5.74) is -0.416. The number of aromatic nitrogens is 4. The van der Waals surface area contributed by atoms with Gasteiger partial charge in [0, 0.05) is 25.7 Å². The molecule has 3 aromatic heterocycles. The number of fused-ring (bicyclic) bond motifs is 1. The SMILES string of the molecule is COc1ncccc1Nc1cc(N(C)C(=O)OC(C)(C)C)n2ncc(C(=O)CC3CC[C@@]3(C)O)c2n1. The molecular weight excluding hydrogens is 464 g/mol. The molecule has 11 nitrogen and oxygen atoms in total. The predicted octanol–water partition coefficient (Wildman–Crippen LogP) is 3.98. The van der Waals surface area contributed by atoms with Crippen molar-refractivity contribution in [2.45, 2.75) is 58.2 Å². The summed E-state index contributed by atoms with van der Waals surface area (Å²) in [5.74, 6) is 0.756. The quantitative estimate of drug-likeness (QED) is 0.466. The fourth-order valence-corrected chi connectivity index (χ4v) is 4.08. The van der Waals surface area contributed by atoms with Crippen molar-refractivity contribution in [3.8, 4) is 5.88 Å². The molecule has 0 bridgehead atoms. The van der Waals surface area contributed by atoms with Gasteiger partial charge in [-0.25, -0.2) is 14.8 Å². The molecule has 1 saturated carbocycles. The molecule has 0 aromatic carbocycles. The fraction of sp³-hybridized carbons (Fsp3) is 0.480. The molecule has 192 valence electrons. The van der Waals surface area contributed by atoms with E-state index in [9.17, 15) is 14.7 Å². The summed E-state index contributed by atoms with van der Waals surface area (Å²) in [6, 6.07) is 5.15. The lowest BCUT2D eigenvalue weighted by atomic mass is 9.68. The van der Waals surface area contributed by atoms with E-state index < -0.39 is 17.3 Å². The van der Waals surface area contributed by atoms with E-state index in [2.05, 4.69) is 20.4 Å². The number of anilines is 3. The van der Waals surface area contributed by atoms with E-state index in [4.69, 9.17) is 9.47 Å². The average molecular weight is 497 g/mol. The van der Waals surface area contributed by atoms with Crippen molar-refractivity contribution in [2.24, 2.45) is 5.92 Å². The van der Waals surface area contributed by atoms with Gasteiger partial charge in [-0.05, 0) is 58.6 Å². The molecule has 1 aliphatic carbocycles. The third-order valence-electron chi connectivity index (χ3n) is 6.30. The summed E-state index contributed by atoms with van der Waals surface area (Å²) in [7, 11) is 3.07. The van der Waals surface area contributed by atoms with Crippen molar-refractivity contribution >= 4 is 34.8 Å². The predicted molar refractivity (Wildman–Crippen MR) is 134 cm³/mol. The van der Waals surface area contributed by atoms with Crippen LogP contribution in [-0.2, 0) is 4.74 Å². The zero-order valence-corrected chi connectivity index (χ0v) is 21.4. The summed E-state index contributed by atoms with van der Waals surface area (Å²) in [6.07, 6.45) is 4.09. The lowest BCUT2D eigenvalue weighted by molar-refractivity contribution is -0.0773. The van der Waals surface area contributed by atoms with Gasteiger partial charge in [0.25, 0.3) is 0 Å². The Bertz CT molecular complexity index is 1300. The Morgan fingerprint density at radius 3 is 2.72 bits per heavy atom. The number of Topliss-reactive ketones (excluding diaryl/α,β-unsaturated/α-hetero) is 1. The van der Waals surface area contributed by atoms with Crippen molar-refractivity contribution in [1.29, 1.82) is 0 Å². The number of ether oxygens (including phenoxy) is 2. The Morgan fingerprint density at radius 1 is 1.36 bits per heavy atom. The lowest BCUT2D eigenvalue weighted by Gasteiger charge is -2.42. The lowest BCUT2D eigenvalue weighted by Crippen LogP contribution is -2.45. The highest BCUT2D eigenvalue weighted by molar-refractivity contribution is 6.02. The first-order valence-electron chi connectivity index (χ1n) is 11.8. The highest BCUT2D eigenvalue weighted by Crippen LogP contribution is 2.41. The number of hydrogen-bond donors (Lipinski definition) is 2. The molecule has 1 fully saturated rings. The molecule has 0 spiro atoms. The van der Waals surface area contributed by atoms with Crippen LogP contribution in [0, 0.1) is 5.92 Å². The molecule has 11 heteroatoms. The van der Waals surface area contributed by atoms with E-state index in [1.54, 1.807) is 59.1 Å². The van der Waals surface area contributed by atoms with Gasteiger partial charge in [-0.2, -0.15) is 9.61 Å². The number of carbonyl (C=O) groups excluding carboxylic acids is 2. The molecule has 1 unspecified atom stereocenters. The van der Waals surface area contributed by atoms with Crippen LogP contribution in [0.15, 0.2) is 30.6 Å². The zero-order chi connectivity index (χ0) is 26.3. The molecular formula is C25H32N6O5. The van der Waals surface area contributed by atoms with Gasteiger partial charge < -0.3 is 19.9 Å². The van der Waals surface area contributed by atoms with Crippen molar-refractivity contribution in [3.63, 3.8) is 0 Å². The van der Waals surface area contributed by atoms with Gasteiger partial charge in [-0.3, -0.25) is 9.69 Å². The standard InChI is InChI=1S/C25H32N6O5/c1-24(2,3)36-23(33)30(5)20-13-19(28-17-8-7-11-26-22(17)35-6)29-21-16(14-27-31(20)21)18(32)12-15-9-10-25(15,4)34/h7-8,11,13-15,34H,9-10,12H2,1-6H3,(H,28,29)/t15?,25-/m1/s1. The first-order chi connectivity index (χ1) is 16.9. The van der Waals surface area contributed by atoms with E-state index in [0.29, 0.717) is 35.2 Å². The van der Waals surface area contributed by atoms with Crippen LogP contribution in [0.5, 0.6) is 5.88 Å². The van der Waals surface area contributed by atoms with Crippen LogP contribution in [0.2, 0.25) is 0 Å². The van der Waals surface area contributed by atoms with E-state index in [1.807, 2.05) is 0 Å². The Hall–Kier alpha value is -3.73. The van der Waals surface area contributed by atoms with Gasteiger partial charge in [-0.15, -0.1) is 0 Å². The number of methoxy groups -OCH3 is 1. The van der Waals surface area contributed by atoms with Gasteiger partial charge in [0.15, 0.2) is 11.4 Å². The molecule has 2 atom stereocenters. The van der Waals surface area contributed by atoms with Gasteiger partial charge in [0.2, 0.25) is 5.88 Å². The zero-order valence-electron chi connectivity index (χ0n) is 21.4. The fourth-order valence-electron chi connectivity index (χ4n) is 4.08. The van der Waals surface area contributed by atoms with E-state index in [0.717, 1.165) is 6.42 Å². The van der Waals surface area contributed by atoms with E-state index in [-0.39, 0.29) is 23.8 Å². The normalized spacial score (nSPS) is 19.5. The van der Waals surface area contributed by atoms with E-state index >= 15 is 0 Å². The summed E-state index contributed by atoms with van der Waals surface area (Å²) < 4.78 is 12.3. The second kappa shape index (κ2) is 9.38. The number of nitrogens with zero attached hydrogens (tertiary/aromatic N) is 5. The maximum atomic E-state index is 13.2. The number of hydrogen-bond acceptors (Lipinski definition) is 9. The summed E-state index contributed by atoms with van der Waals surface area (Å²) in [6.45, 7) is 7.09. The monoisotopic (exact) mass is 496 g/mol. The number of carbonyl (C=O) groups is 2. The molecule has 1 aliphatic rings. The van der Waals surface area contributed by atoms with Crippen LogP contribution in [0.3, 0.4) is 0 Å². The smallest absolute Gasteiger partial charge is 0.415 e. The highest BCUT2D eigenvalue weighted by Gasteiger charge is 2.42. The minimum atomic E-state index is -0.849. The average Bonchev–Trinajstić information content (AvgIpc) is 3.24. The molecule has 3 heterocycles. The van der Waals surface area contributed by atoms with Gasteiger partial charge >= 0.3 is 6.09 Å². The van der Waals surface area contributed by atoms with Crippen LogP contribution in [-0.4, -0.2) is 61.9 Å². The second-order valence-electron chi connectivity index (χ2n) is 10.2. The van der Waals surface area contributed by atoms with Crippen molar-refractivity contribution < 1.29 is 24.2 Å². The van der Waals surface area contributed by atoms with Gasteiger partial charge in [0.05, 0.1) is 24.5 Å². The van der Waals surface area contributed by atoms with Crippen LogP contribution in [0.4, 0.5) is 22.1 Å². The van der Waals surface area contributed by atoms with E-state index in [1.165, 1.54) is 22.7 Å². The summed E-state index contributed by atoms with van der Waals surface area (Å²) in [4.78, 5) is 36.2. The Balaban J connectivity index is 1.76. The van der Waals surface area contributed by atoms with Gasteiger partial charge in [0.1, 0.15) is 22.9 Å². The van der Waals surface area contributed by atoms with Crippen molar-refractivity contribution in [3.05, 3.63) is 36.2 Å². The molecule has 4 rings (SSSR count). The number of rotatable bonds is 7. The van der Waals surface area contributed by atoms with Crippen molar-refractivity contribution in [2.75, 3.05) is 24.4 Å². The molecule has 36 heavy (non-hydrogen) atoms.